The molecule has 2 aromatic heterocycles. The van der Waals surface area contributed by atoms with Gasteiger partial charge in [0.05, 0.1) is 0 Å². The molecular weight excluding hydrogens is 531 g/mol. The number of hydrogen-bond donors (Lipinski definition) is 0. The molecule has 2 aliphatic rings. The molecule has 2 aliphatic heterocycles. The van der Waals surface area contributed by atoms with Gasteiger partial charge in [0.2, 0.25) is 6.71 Å². The van der Waals surface area contributed by atoms with Gasteiger partial charge in [-0.25, -0.2) is 0 Å². The summed E-state index contributed by atoms with van der Waals surface area (Å²) < 4.78 is 5.61. The molecule has 3 heteroatoms. The number of fused-ring (bicyclic) bond motifs is 8. The van der Waals surface area contributed by atoms with E-state index in [0.717, 1.165) is 0 Å². The summed E-state index contributed by atoms with van der Waals surface area (Å²) in [5.74, 6) is 0. The lowest BCUT2D eigenvalue weighted by molar-refractivity contribution is 1.70. The minimum absolute atomic E-state index is 0.162. The van der Waals surface area contributed by atoms with Crippen LogP contribution in [-0.4, -0.2) is 6.71 Å². The Morgan fingerprint density at radius 1 is 0.415 bits per heavy atom. The van der Waals surface area contributed by atoms with Crippen LogP contribution in [0.25, 0.3) is 84.1 Å². The van der Waals surface area contributed by atoms with E-state index < -0.39 is 0 Å². The van der Waals surface area contributed by atoms with E-state index in [9.17, 15) is 0 Å². The van der Waals surface area contributed by atoms with Gasteiger partial charge in [0.25, 0.3) is 0 Å². The lowest BCUT2D eigenvalue weighted by atomic mass is 9.35. The molecule has 0 saturated carbocycles. The fourth-order valence-corrected chi connectivity index (χ4v) is 10.7. The first-order chi connectivity index (χ1) is 20.3. The Bertz CT molecular complexity index is 2470. The van der Waals surface area contributed by atoms with Gasteiger partial charge in [-0.3, -0.25) is 0 Å². The monoisotopic (exact) mass is 550 g/mol. The second kappa shape index (κ2) is 7.25. The Hall–Kier alpha value is -4.44. The van der Waals surface area contributed by atoms with E-state index in [2.05, 4.69) is 115 Å². The van der Waals surface area contributed by atoms with Crippen molar-refractivity contribution in [3.05, 3.63) is 115 Å². The first-order valence-corrected chi connectivity index (χ1v) is 15.9. The second-order valence-electron chi connectivity index (χ2n) is 11.5. The molecule has 0 amide bonds. The van der Waals surface area contributed by atoms with Gasteiger partial charge in [-0.1, -0.05) is 107 Å². The van der Waals surface area contributed by atoms with Crippen LogP contribution in [-0.2, 0) is 0 Å². The molecule has 0 saturated heterocycles. The van der Waals surface area contributed by atoms with Crippen molar-refractivity contribution in [3.8, 4) is 22.3 Å². The fraction of sp³-hybridized carbons (Fsp3) is 0. The third kappa shape index (κ3) is 2.46. The van der Waals surface area contributed by atoms with Gasteiger partial charge in [-0.05, 0) is 78.8 Å². The SMILES string of the molecule is c1cc2c3c(c1)-c1cc4ccccc4c4sc5cccc(c5c14)B3c1cccc3sc4c5ccccc5cc-2c4c13. The average molecular weight is 551 g/mol. The van der Waals surface area contributed by atoms with Crippen molar-refractivity contribution in [2.75, 3.05) is 0 Å². The average Bonchev–Trinajstić information content (AvgIpc) is 3.54. The molecule has 186 valence electrons. The van der Waals surface area contributed by atoms with Crippen LogP contribution in [0.15, 0.2) is 115 Å². The highest BCUT2D eigenvalue weighted by atomic mass is 32.1. The van der Waals surface area contributed by atoms with Crippen molar-refractivity contribution in [2.45, 2.75) is 0 Å². The Balaban J connectivity index is 1.45. The summed E-state index contributed by atoms with van der Waals surface area (Å²) in [6, 6.07) is 44.0. The maximum absolute atomic E-state index is 2.47. The maximum atomic E-state index is 2.47. The van der Waals surface area contributed by atoms with Crippen LogP contribution < -0.4 is 16.4 Å². The lowest BCUT2D eigenvalue weighted by Gasteiger charge is -2.21. The van der Waals surface area contributed by atoms with Crippen LogP contribution in [0.2, 0.25) is 0 Å². The van der Waals surface area contributed by atoms with Gasteiger partial charge < -0.3 is 0 Å². The van der Waals surface area contributed by atoms with Crippen molar-refractivity contribution in [1.29, 1.82) is 0 Å². The first-order valence-electron chi connectivity index (χ1n) is 14.2. The highest BCUT2D eigenvalue weighted by Crippen LogP contribution is 2.48. The van der Waals surface area contributed by atoms with Gasteiger partial charge >= 0.3 is 0 Å². The molecule has 0 nitrogen and oxygen atoms in total. The fourth-order valence-electron chi connectivity index (χ4n) is 8.09. The molecule has 11 rings (SSSR count). The third-order valence-corrected chi connectivity index (χ3v) is 12.0. The molecule has 0 aliphatic carbocycles. The summed E-state index contributed by atoms with van der Waals surface area (Å²) in [7, 11) is 0. The molecule has 4 heterocycles. The first kappa shape index (κ1) is 21.3. The maximum Gasteiger partial charge on any atom is 0.244 e. The van der Waals surface area contributed by atoms with Crippen LogP contribution in [0.5, 0.6) is 0 Å². The molecule has 0 atom stereocenters. The normalized spacial score (nSPS) is 13.3. The van der Waals surface area contributed by atoms with Crippen molar-refractivity contribution in [3.63, 3.8) is 0 Å². The van der Waals surface area contributed by atoms with Crippen molar-refractivity contribution in [2.24, 2.45) is 0 Å². The molecule has 41 heavy (non-hydrogen) atoms. The molecule has 0 bridgehead atoms. The zero-order valence-corrected chi connectivity index (χ0v) is 23.5. The Kier molecular flexibility index (Phi) is 3.77. The molecule has 9 aromatic rings. The molecule has 7 aromatic carbocycles. The summed E-state index contributed by atoms with van der Waals surface area (Å²) in [5, 5.41) is 11.1. The molecule has 0 fully saturated rings. The summed E-state index contributed by atoms with van der Waals surface area (Å²) in [5.41, 5.74) is 9.87. The zero-order chi connectivity index (χ0) is 26.4. The minimum Gasteiger partial charge on any atom is -0.135 e. The van der Waals surface area contributed by atoms with E-state index in [0.29, 0.717) is 0 Å². The lowest BCUT2D eigenvalue weighted by Crippen LogP contribution is -2.52. The number of benzene rings is 7. The number of thiophene rings is 2. The van der Waals surface area contributed by atoms with Gasteiger partial charge in [-0.15, -0.1) is 22.7 Å². The van der Waals surface area contributed by atoms with Crippen molar-refractivity contribution >= 4 is 108 Å². The molecule has 0 unspecified atom stereocenters. The van der Waals surface area contributed by atoms with Crippen LogP contribution in [0, 0.1) is 0 Å². The van der Waals surface area contributed by atoms with E-state index in [1.807, 2.05) is 22.7 Å². The molecular formula is C38H19BS2. The molecule has 0 radical (unpaired) electrons. The smallest absolute Gasteiger partial charge is 0.135 e. The second-order valence-corrected chi connectivity index (χ2v) is 13.6. The largest absolute Gasteiger partial charge is 0.244 e. The van der Waals surface area contributed by atoms with Gasteiger partial charge in [0, 0.05) is 29.6 Å². The standard InChI is InChI=1S/C38H19BS2/c1-3-10-22-20(8-1)18-26-24-12-5-13-25-27-19-21-9-2-4-11-23(21)38-33(27)35-29(15-7-17-31(35)41-38)39(36(24)25)28-14-6-16-30-34(28)32(26)37(22)40-30/h1-19H. The zero-order valence-electron chi connectivity index (χ0n) is 21.9. The molecule has 0 spiro atoms. The van der Waals surface area contributed by atoms with Gasteiger partial charge in [-0.2, -0.15) is 0 Å². The minimum atomic E-state index is 0.162. The molecule has 0 N–H and O–H groups in total. The Morgan fingerprint density at radius 2 is 0.902 bits per heavy atom. The van der Waals surface area contributed by atoms with Gasteiger partial charge in [0.1, 0.15) is 0 Å². The topological polar surface area (TPSA) is 0 Å². The highest BCUT2D eigenvalue weighted by Gasteiger charge is 2.37. The van der Waals surface area contributed by atoms with Crippen molar-refractivity contribution < 1.29 is 0 Å². The van der Waals surface area contributed by atoms with E-state index in [1.54, 1.807) is 0 Å². The van der Waals surface area contributed by atoms with Crippen molar-refractivity contribution in [1.82, 2.24) is 0 Å². The van der Waals surface area contributed by atoms with E-state index in [1.165, 1.54) is 101 Å². The predicted octanol–water partition coefficient (Wildman–Crippen LogP) is 9.21. The van der Waals surface area contributed by atoms with E-state index in [-0.39, 0.29) is 6.71 Å². The summed E-state index contributed by atoms with van der Waals surface area (Å²) in [6.07, 6.45) is 0. The summed E-state index contributed by atoms with van der Waals surface area (Å²) >= 11 is 3.93. The number of hydrogen-bond acceptors (Lipinski definition) is 2. The summed E-state index contributed by atoms with van der Waals surface area (Å²) in [6.45, 7) is 0.162. The number of rotatable bonds is 0. The Labute approximate surface area is 244 Å². The van der Waals surface area contributed by atoms with Crippen LogP contribution in [0.3, 0.4) is 0 Å². The van der Waals surface area contributed by atoms with Gasteiger partial charge in [0.15, 0.2) is 0 Å². The third-order valence-electron chi connectivity index (χ3n) is 9.64. The predicted molar refractivity (Wildman–Crippen MR) is 183 cm³/mol. The highest BCUT2D eigenvalue weighted by molar-refractivity contribution is 7.28. The van der Waals surface area contributed by atoms with E-state index >= 15 is 0 Å². The quantitative estimate of drug-likeness (QED) is 0.165. The van der Waals surface area contributed by atoms with Crippen LogP contribution >= 0.6 is 22.7 Å². The Morgan fingerprint density at radius 3 is 1.44 bits per heavy atom. The summed E-state index contributed by atoms with van der Waals surface area (Å²) in [4.78, 5) is 0. The van der Waals surface area contributed by atoms with Crippen LogP contribution in [0.1, 0.15) is 0 Å². The van der Waals surface area contributed by atoms with Crippen LogP contribution in [0.4, 0.5) is 0 Å². The van der Waals surface area contributed by atoms with E-state index in [4.69, 9.17) is 0 Å².